The summed E-state index contributed by atoms with van der Waals surface area (Å²) in [7, 11) is 0.554. The van der Waals surface area contributed by atoms with E-state index in [1.54, 1.807) is 6.20 Å². The molecule has 2 amide bonds. The number of rotatable bonds is 11. The highest BCUT2D eigenvalue weighted by Gasteiger charge is 2.14. The van der Waals surface area contributed by atoms with Crippen molar-refractivity contribution >= 4 is 44.1 Å². The first-order valence-corrected chi connectivity index (χ1v) is 14.7. The summed E-state index contributed by atoms with van der Waals surface area (Å²) in [5.74, 6) is -0.207. The minimum atomic E-state index is -3.49. The molecule has 4 aromatic rings. The van der Waals surface area contributed by atoms with Gasteiger partial charge in [0, 0.05) is 42.6 Å². The van der Waals surface area contributed by atoms with Crippen molar-refractivity contribution in [3.05, 3.63) is 72.0 Å². The first-order valence-electron chi connectivity index (χ1n) is 12.0. The van der Waals surface area contributed by atoms with E-state index < -0.39 is 21.8 Å². The number of hydrogen-bond donors (Lipinski definition) is 3. The van der Waals surface area contributed by atoms with Gasteiger partial charge in [0.15, 0.2) is 5.13 Å². The SMILES string of the molecule is CN(C)CCNc1cc(-c2cccc(-c3csc(NC(=O)CNC(=O)c4ccn(S(C)(=O)=O)c4)n3)c2)ccn1. The number of thiazole rings is 1. The number of anilines is 2. The van der Waals surface area contributed by atoms with Crippen LogP contribution in [0.4, 0.5) is 10.9 Å². The molecule has 0 bridgehead atoms. The Bertz CT molecular complexity index is 1580. The molecule has 0 spiro atoms. The molecule has 0 aliphatic rings. The Balaban J connectivity index is 1.36. The smallest absolute Gasteiger partial charge is 0.253 e. The molecule has 1 aromatic carbocycles. The zero-order valence-corrected chi connectivity index (χ0v) is 23.3. The molecule has 0 radical (unpaired) electrons. The van der Waals surface area contributed by atoms with E-state index in [2.05, 4.69) is 30.8 Å². The Morgan fingerprint density at radius 3 is 2.59 bits per heavy atom. The van der Waals surface area contributed by atoms with Crippen LogP contribution in [0.1, 0.15) is 10.4 Å². The van der Waals surface area contributed by atoms with E-state index in [-0.39, 0.29) is 12.1 Å². The Hall–Kier alpha value is -4.07. The van der Waals surface area contributed by atoms with Gasteiger partial charge in [0.2, 0.25) is 15.9 Å². The normalized spacial score (nSPS) is 11.4. The van der Waals surface area contributed by atoms with Gasteiger partial charge in [0.25, 0.3) is 5.91 Å². The maximum Gasteiger partial charge on any atom is 0.253 e. The minimum Gasteiger partial charge on any atom is -0.369 e. The van der Waals surface area contributed by atoms with Crippen molar-refractivity contribution in [1.82, 2.24) is 24.2 Å². The number of hydrogen-bond acceptors (Lipinski definition) is 9. The molecule has 11 nitrogen and oxygen atoms in total. The van der Waals surface area contributed by atoms with Crippen molar-refractivity contribution in [3.63, 3.8) is 0 Å². The zero-order chi connectivity index (χ0) is 28.0. The maximum absolute atomic E-state index is 12.4. The largest absolute Gasteiger partial charge is 0.369 e. The van der Waals surface area contributed by atoms with Gasteiger partial charge < -0.3 is 20.9 Å². The van der Waals surface area contributed by atoms with E-state index in [0.29, 0.717) is 10.8 Å². The van der Waals surface area contributed by atoms with Gasteiger partial charge >= 0.3 is 0 Å². The average molecular weight is 568 g/mol. The number of aromatic nitrogens is 3. The molecule has 0 saturated carbocycles. The molecule has 0 aliphatic carbocycles. The lowest BCUT2D eigenvalue weighted by molar-refractivity contribution is -0.115. The summed E-state index contributed by atoms with van der Waals surface area (Å²) in [5, 5.41) is 10.7. The molecule has 0 fully saturated rings. The third-order valence-corrected chi connectivity index (χ3v) is 7.34. The van der Waals surface area contributed by atoms with Crippen molar-refractivity contribution in [2.24, 2.45) is 0 Å². The molecule has 3 N–H and O–H groups in total. The second-order valence-electron chi connectivity index (χ2n) is 9.00. The van der Waals surface area contributed by atoms with Crippen LogP contribution in [0.2, 0.25) is 0 Å². The predicted molar refractivity (Wildman–Crippen MR) is 153 cm³/mol. The fraction of sp³-hybridized carbons (Fsp3) is 0.231. The number of likely N-dealkylation sites (N-methyl/N-ethyl adjacent to an activating group) is 1. The molecule has 4 rings (SSSR count). The molecular formula is C26H29N7O4S2. The molecular weight excluding hydrogens is 538 g/mol. The van der Waals surface area contributed by atoms with Crippen LogP contribution >= 0.6 is 11.3 Å². The van der Waals surface area contributed by atoms with Crippen molar-refractivity contribution in [2.45, 2.75) is 0 Å². The van der Waals surface area contributed by atoms with Gasteiger partial charge in [-0.2, -0.15) is 0 Å². The number of nitrogens with zero attached hydrogens (tertiary/aromatic N) is 4. The van der Waals surface area contributed by atoms with Gasteiger partial charge in [-0.25, -0.2) is 18.4 Å². The van der Waals surface area contributed by atoms with Crippen LogP contribution < -0.4 is 16.0 Å². The van der Waals surface area contributed by atoms with Crippen molar-refractivity contribution in [2.75, 3.05) is 50.6 Å². The number of benzene rings is 1. The van der Waals surface area contributed by atoms with Crippen molar-refractivity contribution in [3.8, 4) is 22.4 Å². The average Bonchev–Trinajstić information content (AvgIpc) is 3.58. The van der Waals surface area contributed by atoms with E-state index >= 15 is 0 Å². The Kier molecular flexibility index (Phi) is 8.74. The predicted octanol–water partition coefficient (Wildman–Crippen LogP) is 2.82. The van der Waals surface area contributed by atoms with E-state index in [9.17, 15) is 18.0 Å². The quantitative estimate of drug-likeness (QED) is 0.252. The van der Waals surface area contributed by atoms with Gasteiger partial charge in [-0.1, -0.05) is 18.2 Å². The summed E-state index contributed by atoms with van der Waals surface area (Å²) >= 11 is 1.28. The standard InChI is InChI=1S/C26H29N7O4S2/c1-32(2)12-10-28-23-14-19(7-9-27-23)18-5-4-6-20(13-18)22-17-38-26(30-22)31-24(34)15-29-25(35)21-8-11-33(16-21)39(3,36)37/h4-9,11,13-14,16-17H,10,12,15H2,1-3H3,(H,27,28)(H,29,35)(H,30,31,34). The van der Waals surface area contributed by atoms with Crippen LogP contribution in [0.25, 0.3) is 22.4 Å². The highest BCUT2D eigenvalue weighted by atomic mass is 32.2. The van der Waals surface area contributed by atoms with Crippen LogP contribution in [0.15, 0.2) is 66.4 Å². The monoisotopic (exact) mass is 567 g/mol. The second kappa shape index (κ2) is 12.2. The van der Waals surface area contributed by atoms with E-state index in [0.717, 1.165) is 45.8 Å². The van der Waals surface area contributed by atoms with Crippen molar-refractivity contribution < 1.29 is 18.0 Å². The number of pyridine rings is 1. The topological polar surface area (TPSA) is 138 Å². The lowest BCUT2D eigenvalue weighted by Crippen LogP contribution is -2.32. The van der Waals surface area contributed by atoms with E-state index in [1.807, 2.05) is 55.9 Å². The van der Waals surface area contributed by atoms with E-state index in [4.69, 9.17) is 0 Å². The van der Waals surface area contributed by atoms with Gasteiger partial charge in [-0.05, 0) is 49.5 Å². The summed E-state index contributed by atoms with van der Waals surface area (Å²) in [6.45, 7) is 1.40. The summed E-state index contributed by atoms with van der Waals surface area (Å²) in [6, 6.07) is 13.3. The fourth-order valence-electron chi connectivity index (χ4n) is 3.58. The third-order valence-electron chi connectivity index (χ3n) is 5.59. The highest BCUT2D eigenvalue weighted by molar-refractivity contribution is 7.89. The van der Waals surface area contributed by atoms with Crippen LogP contribution in [-0.4, -0.2) is 79.1 Å². The van der Waals surface area contributed by atoms with Gasteiger partial charge in [-0.3, -0.25) is 13.6 Å². The lowest BCUT2D eigenvalue weighted by atomic mass is 10.0. The summed E-state index contributed by atoms with van der Waals surface area (Å²) < 4.78 is 24.0. The summed E-state index contributed by atoms with van der Waals surface area (Å²) in [4.78, 5) is 35.6. The maximum atomic E-state index is 12.4. The number of carbonyl (C=O) groups is 2. The molecule has 204 valence electrons. The Morgan fingerprint density at radius 2 is 1.85 bits per heavy atom. The van der Waals surface area contributed by atoms with Crippen LogP contribution in [-0.2, 0) is 14.8 Å². The van der Waals surface area contributed by atoms with Gasteiger partial charge in [-0.15, -0.1) is 11.3 Å². The zero-order valence-electron chi connectivity index (χ0n) is 21.7. The molecule has 39 heavy (non-hydrogen) atoms. The molecule has 0 saturated heterocycles. The first-order chi connectivity index (χ1) is 18.6. The molecule has 0 unspecified atom stereocenters. The second-order valence-corrected chi connectivity index (χ2v) is 11.7. The van der Waals surface area contributed by atoms with Gasteiger partial charge in [0.05, 0.1) is 24.1 Å². The van der Waals surface area contributed by atoms with Gasteiger partial charge in [0.1, 0.15) is 5.82 Å². The molecule has 13 heteroatoms. The van der Waals surface area contributed by atoms with Crippen LogP contribution in [0, 0.1) is 0 Å². The van der Waals surface area contributed by atoms with Crippen LogP contribution in [0.3, 0.4) is 0 Å². The highest BCUT2D eigenvalue weighted by Crippen LogP contribution is 2.29. The number of nitrogens with one attached hydrogen (secondary N) is 3. The van der Waals surface area contributed by atoms with Crippen LogP contribution in [0.5, 0.6) is 0 Å². The molecule has 3 heterocycles. The van der Waals surface area contributed by atoms with E-state index in [1.165, 1.54) is 29.8 Å². The number of carbonyl (C=O) groups excluding carboxylic acids is 2. The Morgan fingerprint density at radius 1 is 1.08 bits per heavy atom. The Labute approximate surface area is 231 Å². The molecule has 0 aliphatic heterocycles. The lowest BCUT2D eigenvalue weighted by Gasteiger charge is -2.11. The fourth-order valence-corrected chi connectivity index (χ4v) is 4.90. The first kappa shape index (κ1) is 28.0. The third kappa shape index (κ3) is 7.72. The summed E-state index contributed by atoms with van der Waals surface area (Å²) in [5.41, 5.74) is 3.77. The van der Waals surface area contributed by atoms with Crippen molar-refractivity contribution in [1.29, 1.82) is 0 Å². The summed E-state index contributed by atoms with van der Waals surface area (Å²) in [6.07, 6.45) is 5.27. The molecule has 0 atom stereocenters. The molecule has 3 aromatic heterocycles. The number of amides is 2. The minimum absolute atomic E-state index is 0.135.